The Morgan fingerprint density at radius 2 is 2.07 bits per heavy atom. The van der Waals surface area contributed by atoms with Gasteiger partial charge in [-0.2, -0.15) is 4.31 Å². The molecule has 0 saturated carbocycles. The lowest BCUT2D eigenvalue weighted by Crippen LogP contribution is -2.51. The first kappa shape index (κ1) is 20.3. The SMILES string of the molecule is CCc1ccc(C(=O)NC2CCCNC2C)cc1S(=O)(=O)N1CCOCC1. The summed E-state index contributed by atoms with van der Waals surface area (Å²) in [4.78, 5) is 13.0. The summed E-state index contributed by atoms with van der Waals surface area (Å²) >= 11 is 0. The largest absolute Gasteiger partial charge is 0.379 e. The molecule has 0 aromatic heterocycles. The van der Waals surface area contributed by atoms with Gasteiger partial charge in [-0.3, -0.25) is 4.79 Å². The lowest BCUT2D eigenvalue weighted by molar-refractivity contribution is 0.0730. The number of nitrogens with one attached hydrogen (secondary N) is 2. The second kappa shape index (κ2) is 8.68. The van der Waals surface area contributed by atoms with Crippen LogP contribution in [0.15, 0.2) is 23.1 Å². The van der Waals surface area contributed by atoms with E-state index >= 15 is 0 Å². The van der Waals surface area contributed by atoms with E-state index in [1.54, 1.807) is 12.1 Å². The maximum absolute atomic E-state index is 13.1. The Hall–Kier alpha value is -1.48. The van der Waals surface area contributed by atoms with Gasteiger partial charge in [0, 0.05) is 30.7 Å². The summed E-state index contributed by atoms with van der Waals surface area (Å²) < 4.78 is 32.9. The number of aryl methyl sites for hydroxylation is 1. The summed E-state index contributed by atoms with van der Waals surface area (Å²) in [5.74, 6) is -0.225. The molecule has 0 spiro atoms. The number of hydrogen-bond donors (Lipinski definition) is 2. The zero-order valence-corrected chi connectivity index (χ0v) is 16.8. The summed E-state index contributed by atoms with van der Waals surface area (Å²) in [5, 5.41) is 6.41. The Morgan fingerprint density at radius 3 is 2.74 bits per heavy atom. The standard InChI is InChI=1S/C19H29N3O4S/c1-3-15-6-7-16(19(23)21-17-5-4-8-20-14(17)2)13-18(15)27(24,25)22-9-11-26-12-10-22/h6-7,13-14,17,20H,3-5,8-12H2,1-2H3,(H,21,23). The van der Waals surface area contributed by atoms with Crippen LogP contribution in [0.3, 0.4) is 0 Å². The number of rotatable bonds is 5. The number of piperidine rings is 1. The number of amides is 1. The van der Waals surface area contributed by atoms with Crippen LogP contribution in [0, 0.1) is 0 Å². The van der Waals surface area contributed by atoms with E-state index in [0.29, 0.717) is 38.3 Å². The first-order valence-corrected chi connectivity index (χ1v) is 11.1. The van der Waals surface area contributed by atoms with Gasteiger partial charge < -0.3 is 15.4 Å². The first-order valence-electron chi connectivity index (χ1n) is 9.68. The monoisotopic (exact) mass is 395 g/mol. The van der Waals surface area contributed by atoms with Crippen molar-refractivity contribution < 1.29 is 17.9 Å². The number of carbonyl (C=O) groups is 1. The second-order valence-electron chi connectivity index (χ2n) is 7.16. The molecule has 2 saturated heterocycles. The summed E-state index contributed by atoms with van der Waals surface area (Å²) in [5.41, 5.74) is 1.11. The summed E-state index contributed by atoms with van der Waals surface area (Å²) in [6.07, 6.45) is 2.52. The third kappa shape index (κ3) is 4.51. The normalized spacial score (nSPS) is 24.5. The third-order valence-electron chi connectivity index (χ3n) is 5.38. The number of ether oxygens (including phenoxy) is 1. The highest BCUT2D eigenvalue weighted by atomic mass is 32.2. The predicted octanol–water partition coefficient (Wildman–Crippen LogP) is 1.14. The van der Waals surface area contributed by atoms with Crippen LogP contribution < -0.4 is 10.6 Å². The minimum Gasteiger partial charge on any atom is -0.379 e. The molecule has 2 N–H and O–H groups in total. The summed E-state index contributed by atoms with van der Waals surface area (Å²) in [7, 11) is -3.64. The minimum absolute atomic E-state index is 0.0522. The molecule has 27 heavy (non-hydrogen) atoms. The van der Waals surface area contributed by atoms with E-state index < -0.39 is 10.0 Å². The van der Waals surface area contributed by atoms with Crippen molar-refractivity contribution in [3.8, 4) is 0 Å². The van der Waals surface area contributed by atoms with Gasteiger partial charge in [0.15, 0.2) is 0 Å². The zero-order valence-electron chi connectivity index (χ0n) is 16.0. The topological polar surface area (TPSA) is 87.7 Å². The molecule has 0 radical (unpaired) electrons. The highest BCUT2D eigenvalue weighted by Gasteiger charge is 2.29. The van der Waals surface area contributed by atoms with Gasteiger partial charge in [0.25, 0.3) is 5.91 Å². The Kier molecular flexibility index (Phi) is 6.52. The van der Waals surface area contributed by atoms with Crippen molar-refractivity contribution in [2.24, 2.45) is 0 Å². The number of morpholine rings is 1. The van der Waals surface area contributed by atoms with Crippen LogP contribution in [0.5, 0.6) is 0 Å². The van der Waals surface area contributed by atoms with Crippen molar-refractivity contribution in [3.05, 3.63) is 29.3 Å². The molecule has 2 atom stereocenters. The van der Waals surface area contributed by atoms with Crippen LogP contribution in [0.1, 0.15) is 42.6 Å². The molecule has 2 heterocycles. The van der Waals surface area contributed by atoms with Crippen LogP contribution in [0.25, 0.3) is 0 Å². The van der Waals surface area contributed by atoms with Gasteiger partial charge in [-0.1, -0.05) is 13.0 Å². The molecular formula is C19H29N3O4S. The molecule has 3 rings (SSSR count). The second-order valence-corrected chi connectivity index (χ2v) is 9.06. The van der Waals surface area contributed by atoms with Gasteiger partial charge >= 0.3 is 0 Å². The Balaban J connectivity index is 1.85. The minimum atomic E-state index is -3.64. The molecule has 150 valence electrons. The smallest absolute Gasteiger partial charge is 0.251 e. The third-order valence-corrected chi connectivity index (χ3v) is 7.36. The molecule has 1 aromatic carbocycles. The number of sulfonamides is 1. The van der Waals surface area contributed by atoms with Crippen LogP contribution >= 0.6 is 0 Å². The number of benzene rings is 1. The van der Waals surface area contributed by atoms with E-state index in [0.717, 1.165) is 24.9 Å². The van der Waals surface area contributed by atoms with Crippen LogP contribution in [0.4, 0.5) is 0 Å². The Labute approximate surface area is 161 Å². The maximum Gasteiger partial charge on any atom is 0.251 e. The number of carbonyl (C=O) groups excluding carboxylic acids is 1. The fourth-order valence-corrected chi connectivity index (χ4v) is 5.37. The highest BCUT2D eigenvalue weighted by molar-refractivity contribution is 7.89. The van der Waals surface area contributed by atoms with Gasteiger partial charge in [0.05, 0.1) is 18.1 Å². The summed E-state index contributed by atoms with van der Waals surface area (Å²) in [6.45, 7) is 6.41. The van der Waals surface area contributed by atoms with Gasteiger partial charge in [-0.15, -0.1) is 0 Å². The lowest BCUT2D eigenvalue weighted by atomic mass is 9.99. The van der Waals surface area contributed by atoms with Crippen molar-refractivity contribution in [2.45, 2.75) is 50.1 Å². The van der Waals surface area contributed by atoms with E-state index in [1.807, 2.05) is 6.92 Å². The fourth-order valence-electron chi connectivity index (χ4n) is 3.65. The maximum atomic E-state index is 13.1. The Bertz CT molecular complexity index is 775. The van der Waals surface area contributed by atoms with E-state index in [4.69, 9.17) is 4.74 Å². The molecule has 1 aromatic rings. The van der Waals surface area contributed by atoms with Crippen molar-refractivity contribution in [1.82, 2.24) is 14.9 Å². The van der Waals surface area contributed by atoms with Gasteiger partial charge in [0.2, 0.25) is 10.0 Å². The van der Waals surface area contributed by atoms with Crippen molar-refractivity contribution in [1.29, 1.82) is 0 Å². The quantitative estimate of drug-likeness (QED) is 0.781. The average Bonchev–Trinajstić information content (AvgIpc) is 2.69. The van der Waals surface area contributed by atoms with Crippen molar-refractivity contribution >= 4 is 15.9 Å². The lowest BCUT2D eigenvalue weighted by Gasteiger charge is -2.30. The molecule has 1 amide bonds. The van der Waals surface area contributed by atoms with Gasteiger partial charge in [-0.05, 0) is 50.4 Å². The molecule has 2 unspecified atom stereocenters. The molecule has 7 nitrogen and oxygen atoms in total. The molecule has 0 aliphatic carbocycles. The van der Waals surface area contributed by atoms with Crippen LogP contribution in [0.2, 0.25) is 0 Å². The predicted molar refractivity (Wildman–Crippen MR) is 103 cm³/mol. The first-order chi connectivity index (χ1) is 12.9. The molecule has 2 aliphatic rings. The fraction of sp³-hybridized carbons (Fsp3) is 0.632. The van der Waals surface area contributed by atoms with Crippen molar-refractivity contribution in [3.63, 3.8) is 0 Å². The van der Waals surface area contributed by atoms with E-state index in [-0.39, 0.29) is 22.9 Å². The number of nitrogens with zero attached hydrogens (tertiary/aromatic N) is 1. The molecule has 8 heteroatoms. The number of hydrogen-bond acceptors (Lipinski definition) is 5. The van der Waals surface area contributed by atoms with Gasteiger partial charge in [-0.25, -0.2) is 8.42 Å². The van der Waals surface area contributed by atoms with E-state index in [2.05, 4.69) is 17.6 Å². The van der Waals surface area contributed by atoms with E-state index in [1.165, 1.54) is 10.4 Å². The Morgan fingerprint density at radius 1 is 1.33 bits per heavy atom. The molecule has 2 fully saturated rings. The highest BCUT2D eigenvalue weighted by Crippen LogP contribution is 2.24. The molecule has 2 aliphatic heterocycles. The summed E-state index contributed by atoms with van der Waals surface area (Å²) in [6, 6.07) is 5.25. The van der Waals surface area contributed by atoms with Crippen LogP contribution in [-0.4, -0.2) is 63.6 Å². The zero-order chi connectivity index (χ0) is 19.4. The van der Waals surface area contributed by atoms with Crippen molar-refractivity contribution in [2.75, 3.05) is 32.8 Å². The van der Waals surface area contributed by atoms with E-state index in [9.17, 15) is 13.2 Å². The average molecular weight is 396 g/mol. The van der Waals surface area contributed by atoms with Crippen LogP contribution in [-0.2, 0) is 21.2 Å². The molecule has 0 bridgehead atoms. The molecular weight excluding hydrogens is 366 g/mol. The van der Waals surface area contributed by atoms with Gasteiger partial charge in [0.1, 0.15) is 0 Å².